The first-order chi connectivity index (χ1) is 8.06. The van der Waals surface area contributed by atoms with Gasteiger partial charge in [-0.05, 0) is 31.0 Å². The molecule has 5 heteroatoms. The molecule has 0 N–H and O–H groups in total. The van der Waals surface area contributed by atoms with Crippen molar-refractivity contribution in [3.63, 3.8) is 0 Å². The summed E-state index contributed by atoms with van der Waals surface area (Å²) >= 11 is 13.7. The molecule has 0 spiro atoms. The summed E-state index contributed by atoms with van der Waals surface area (Å²) in [5, 5.41) is 1.57. The van der Waals surface area contributed by atoms with E-state index in [0.717, 1.165) is 6.42 Å². The predicted octanol–water partition coefficient (Wildman–Crippen LogP) is 2.34. The second kappa shape index (κ2) is 8.57. The molecule has 1 aromatic rings. The summed E-state index contributed by atoms with van der Waals surface area (Å²) in [5.74, 6) is 0.550. The van der Waals surface area contributed by atoms with Crippen molar-refractivity contribution in [1.82, 2.24) is 0 Å². The molecule has 1 unspecified atom stereocenters. The number of benzene rings is 1. The minimum atomic E-state index is 0. The van der Waals surface area contributed by atoms with Gasteiger partial charge in [-0.15, -0.1) is 17.7 Å². The van der Waals surface area contributed by atoms with Gasteiger partial charge in [0.15, 0.2) is 0 Å². The van der Waals surface area contributed by atoms with Gasteiger partial charge in [-0.25, -0.2) is 6.61 Å². The first kappa shape index (κ1) is 18.2. The van der Waals surface area contributed by atoms with Gasteiger partial charge in [0.25, 0.3) is 0 Å². The van der Waals surface area contributed by atoms with Gasteiger partial charge in [0.1, 0.15) is 0 Å². The number of rotatable bonds is 3. The van der Waals surface area contributed by atoms with Crippen molar-refractivity contribution in [3.05, 3.63) is 40.4 Å². The van der Waals surface area contributed by atoms with Crippen LogP contribution in [-0.2, 0) is 4.74 Å². The molecule has 0 aliphatic carbocycles. The molecular formula is C13H15Cl2CsOS. The van der Waals surface area contributed by atoms with Gasteiger partial charge in [0, 0.05) is 5.25 Å². The molecule has 94 valence electrons. The van der Waals surface area contributed by atoms with E-state index in [1.807, 2.05) is 36.6 Å². The molecule has 1 aromatic carbocycles. The van der Waals surface area contributed by atoms with Gasteiger partial charge < -0.3 is 4.74 Å². The van der Waals surface area contributed by atoms with Gasteiger partial charge in [0.2, 0.25) is 0 Å². The van der Waals surface area contributed by atoms with Crippen molar-refractivity contribution in [2.45, 2.75) is 31.0 Å². The fourth-order valence-corrected chi connectivity index (χ4v) is 3.40. The first-order valence-corrected chi connectivity index (χ1v) is 7.35. The molecule has 3 atom stereocenters. The second-order valence-electron chi connectivity index (χ2n) is 4.37. The van der Waals surface area contributed by atoms with Crippen molar-refractivity contribution < 1.29 is 73.6 Å². The van der Waals surface area contributed by atoms with E-state index in [0.29, 0.717) is 21.2 Å². The molecule has 1 fully saturated rings. The third-order valence-electron chi connectivity index (χ3n) is 2.80. The minimum absolute atomic E-state index is 0. The van der Waals surface area contributed by atoms with E-state index >= 15 is 0 Å². The van der Waals surface area contributed by atoms with Crippen LogP contribution in [0.3, 0.4) is 0 Å². The normalized spacial score (nSPS) is 24.7. The Kier molecular flexibility index (Phi) is 8.67. The Morgan fingerprint density at radius 1 is 1.39 bits per heavy atom. The standard InChI is InChI=1S/C13H15Cl2OS.Cs/c1-8-5-13(16-7-8)17-9(2)10-3-4-11(14)12(15)6-10;/h3-4,6-9,13H,5H2,1-2H3;/q-1;+1/t8-,9+,13?;/m1./s1. The second-order valence-corrected chi connectivity index (χ2v) is 6.69. The van der Waals surface area contributed by atoms with Crippen LogP contribution < -0.4 is 68.9 Å². The van der Waals surface area contributed by atoms with E-state index in [-0.39, 0.29) is 74.3 Å². The molecule has 18 heavy (non-hydrogen) atoms. The smallest absolute Gasteiger partial charge is 0.542 e. The van der Waals surface area contributed by atoms with E-state index < -0.39 is 0 Å². The molecule has 0 bridgehead atoms. The van der Waals surface area contributed by atoms with Crippen LogP contribution in [-0.4, -0.2) is 5.44 Å². The Morgan fingerprint density at radius 3 is 2.67 bits per heavy atom. The molecule has 1 saturated heterocycles. The maximum Gasteiger partial charge on any atom is 1.00 e. The van der Waals surface area contributed by atoms with Gasteiger partial charge >= 0.3 is 68.9 Å². The van der Waals surface area contributed by atoms with Gasteiger partial charge in [-0.2, -0.15) is 0 Å². The molecule has 0 radical (unpaired) electrons. The molecule has 1 heterocycles. The van der Waals surface area contributed by atoms with Crippen LogP contribution in [0, 0.1) is 12.5 Å². The average molecular weight is 423 g/mol. The maximum absolute atomic E-state index is 6.02. The fraction of sp³-hybridized carbons (Fsp3) is 0.462. The molecule has 2 rings (SSSR count). The average Bonchev–Trinajstić information content (AvgIpc) is 2.68. The maximum atomic E-state index is 6.02. The zero-order valence-corrected chi connectivity index (χ0v) is 19.4. The first-order valence-electron chi connectivity index (χ1n) is 5.65. The van der Waals surface area contributed by atoms with Crippen LogP contribution in [0.4, 0.5) is 0 Å². The summed E-state index contributed by atoms with van der Waals surface area (Å²) < 4.78 is 5.59. The molecule has 0 amide bonds. The van der Waals surface area contributed by atoms with E-state index in [1.165, 1.54) is 5.56 Å². The largest absolute Gasteiger partial charge is 1.00 e. The third-order valence-corrected chi connectivity index (χ3v) is 4.82. The van der Waals surface area contributed by atoms with Crippen LogP contribution in [0.15, 0.2) is 18.2 Å². The molecule has 1 nitrogen and oxygen atoms in total. The minimum Gasteiger partial charge on any atom is -0.542 e. The molecule has 1 aliphatic heterocycles. The Labute approximate surface area is 182 Å². The zero-order chi connectivity index (χ0) is 12.4. The molecule has 1 aliphatic rings. The van der Waals surface area contributed by atoms with Crippen LogP contribution >= 0.6 is 35.0 Å². The topological polar surface area (TPSA) is 9.23 Å². The van der Waals surface area contributed by atoms with E-state index in [2.05, 4.69) is 13.8 Å². The molecule has 0 saturated carbocycles. The van der Waals surface area contributed by atoms with Crippen LogP contribution in [0.2, 0.25) is 10.0 Å². The van der Waals surface area contributed by atoms with Gasteiger partial charge in [-0.1, -0.05) is 36.2 Å². The molecular weight excluding hydrogens is 408 g/mol. The molecule has 0 aromatic heterocycles. The third kappa shape index (κ3) is 5.17. The zero-order valence-electron chi connectivity index (χ0n) is 10.8. The number of hydrogen-bond acceptors (Lipinski definition) is 2. The summed E-state index contributed by atoms with van der Waals surface area (Å²) in [6.07, 6.45) is 1.08. The number of thioether (sulfide) groups is 1. The van der Waals surface area contributed by atoms with Crippen molar-refractivity contribution >= 4 is 35.0 Å². The van der Waals surface area contributed by atoms with Crippen LogP contribution in [0.25, 0.3) is 0 Å². The van der Waals surface area contributed by atoms with Crippen molar-refractivity contribution in [1.29, 1.82) is 0 Å². The summed E-state index contributed by atoms with van der Waals surface area (Å²) in [6.45, 7) is 6.26. The Hall–Kier alpha value is 2.16. The quantitative estimate of drug-likeness (QED) is 0.691. The van der Waals surface area contributed by atoms with Gasteiger partial charge in [-0.3, -0.25) is 0 Å². The Morgan fingerprint density at radius 2 is 2.11 bits per heavy atom. The SMILES string of the molecule is C[C@H](SC1C[C@@H](C)[CH-]O1)c1ccc(Cl)c(Cl)c1.[Cs+]. The Bertz CT molecular complexity index is 403. The summed E-state index contributed by atoms with van der Waals surface area (Å²) in [4.78, 5) is 0. The number of hydrogen-bond donors (Lipinski definition) is 0. The fourth-order valence-electron chi connectivity index (χ4n) is 1.80. The monoisotopic (exact) mass is 422 g/mol. The van der Waals surface area contributed by atoms with E-state index in [9.17, 15) is 0 Å². The van der Waals surface area contributed by atoms with Crippen molar-refractivity contribution in [2.24, 2.45) is 5.92 Å². The van der Waals surface area contributed by atoms with Crippen molar-refractivity contribution in [2.75, 3.05) is 0 Å². The summed E-state index contributed by atoms with van der Waals surface area (Å²) in [6, 6.07) is 5.80. The van der Waals surface area contributed by atoms with Crippen LogP contribution in [0.1, 0.15) is 31.1 Å². The van der Waals surface area contributed by atoms with Gasteiger partial charge in [0.05, 0.1) is 15.5 Å². The van der Waals surface area contributed by atoms with E-state index in [4.69, 9.17) is 27.9 Å². The number of ether oxygens (including phenoxy) is 1. The Balaban J connectivity index is 0.00000162. The van der Waals surface area contributed by atoms with Crippen molar-refractivity contribution in [3.8, 4) is 0 Å². The predicted molar refractivity (Wildman–Crippen MR) is 75.4 cm³/mol. The number of halogens is 2. The van der Waals surface area contributed by atoms with Crippen LogP contribution in [0.5, 0.6) is 0 Å². The van der Waals surface area contributed by atoms with E-state index in [1.54, 1.807) is 0 Å². The summed E-state index contributed by atoms with van der Waals surface area (Å²) in [7, 11) is 0. The summed E-state index contributed by atoms with van der Waals surface area (Å²) in [5.41, 5.74) is 1.45.